The lowest BCUT2D eigenvalue weighted by Crippen LogP contribution is -2.21. The number of rotatable bonds is 3. The summed E-state index contributed by atoms with van der Waals surface area (Å²) in [6, 6.07) is 0. The summed E-state index contributed by atoms with van der Waals surface area (Å²) in [5.74, 6) is -0.0510. The van der Waals surface area contributed by atoms with E-state index < -0.39 is 0 Å². The van der Waals surface area contributed by atoms with Gasteiger partial charge in [0.25, 0.3) is 0 Å². The lowest BCUT2D eigenvalue weighted by atomic mass is 10.4. The molecule has 1 radical (unpaired) electrons. The van der Waals surface area contributed by atoms with E-state index in [9.17, 15) is 4.79 Å². The molecule has 0 aromatic rings. The monoisotopic (exact) mass is 112 g/mol. The first-order valence-corrected chi connectivity index (χ1v) is 2.49. The fraction of sp³-hybridized carbons (Fsp3) is 0.333. The van der Waals surface area contributed by atoms with E-state index in [2.05, 4.69) is 11.9 Å². The first-order valence-electron chi connectivity index (χ1n) is 2.49. The summed E-state index contributed by atoms with van der Waals surface area (Å²) in [6.45, 7) is 5.68. The largest absolute Gasteiger partial charge is 0.352 e. The third kappa shape index (κ3) is 3.40. The highest BCUT2D eigenvalue weighted by atomic mass is 16.1. The molecule has 2 nitrogen and oxygen atoms in total. The molecule has 1 amide bonds. The Morgan fingerprint density at radius 3 is 2.88 bits per heavy atom. The molecule has 0 atom stereocenters. The minimum absolute atomic E-state index is 0.0510. The Labute approximate surface area is 49.6 Å². The molecule has 0 unspecified atom stereocenters. The van der Waals surface area contributed by atoms with Crippen molar-refractivity contribution >= 4 is 5.91 Å². The normalized spacial score (nSPS) is 8.12. The Morgan fingerprint density at radius 1 is 1.88 bits per heavy atom. The van der Waals surface area contributed by atoms with Crippen molar-refractivity contribution in [3.05, 3.63) is 19.1 Å². The Hall–Kier alpha value is -0.790. The molecule has 45 valence electrons. The highest BCUT2D eigenvalue weighted by molar-refractivity contribution is 5.84. The average Bonchev–Trinajstić information content (AvgIpc) is 1.83. The fourth-order valence-corrected chi connectivity index (χ4v) is 0.275. The van der Waals surface area contributed by atoms with Crippen LogP contribution in [0.15, 0.2) is 12.7 Å². The van der Waals surface area contributed by atoms with Crippen molar-refractivity contribution in [1.29, 1.82) is 0 Å². The Balaban J connectivity index is 3.11. The van der Waals surface area contributed by atoms with Gasteiger partial charge in [0.05, 0.1) is 0 Å². The molecule has 2 heteroatoms. The summed E-state index contributed by atoms with van der Waals surface area (Å²) in [6.07, 6.45) is 3.12. The molecule has 0 rings (SSSR count). The zero-order valence-electron chi connectivity index (χ0n) is 4.98. The van der Waals surface area contributed by atoms with Crippen molar-refractivity contribution in [2.24, 2.45) is 0 Å². The van der Waals surface area contributed by atoms with Crippen LogP contribution in [0.5, 0.6) is 0 Å². The van der Waals surface area contributed by atoms with Crippen LogP contribution in [0.4, 0.5) is 0 Å². The highest BCUT2D eigenvalue weighted by Gasteiger charge is 1.89. The van der Waals surface area contributed by atoms with Gasteiger partial charge in [0.1, 0.15) is 0 Å². The Bertz CT molecular complexity index is 88.5. The van der Waals surface area contributed by atoms with Crippen LogP contribution in [0.3, 0.4) is 0 Å². The molecule has 1 N–H and O–H groups in total. The zero-order chi connectivity index (χ0) is 6.41. The zero-order valence-corrected chi connectivity index (χ0v) is 4.98. The van der Waals surface area contributed by atoms with Crippen LogP contribution in [0, 0.1) is 6.42 Å². The van der Waals surface area contributed by atoms with Gasteiger partial charge in [0.2, 0.25) is 5.91 Å². The van der Waals surface area contributed by atoms with Crippen molar-refractivity contribution in [1.82, 2.24) is 5.32 Å². The summed E-state index contributed by atoms with van der Waals surface area (Å²) < 4.78 is 0. The van der Waals surface area contributed by atoms with Gasteiger partial charge in [0, 0.05) is 13.0 Å². The number of nitrogens with one attached hydrogen (secondary N) is 1. The molecule has 0 aromatic carbocycles. The van der Waals surface area contributed by atoms with E-state index >= 15 is 0 Å². The molecular formula is C6H10NO. The Morgan fingerprint density at radius 2 is 2.50 bits per heavy atom. The molecule has 0 saturated heterocycles. The standard InChI is InChI=1S/C6H10NO/c1-3-5-7-6(8)4-2/h3-4H,1,5H2,2H3,(H,7,8). The number of hydrogen-bond donors (Lipinski definition) is 1. The first kappa shape index (κ1) is 7.21. The molecule has 0 aliphatic rings. The maximum absolute atomic E-state index is 10.4. The SMILES string of the molecule is C=CCNC(=O)[CH]C. The average molecular weight is 112 g/mol. The van der Waals surface area contributed by atoms with Crippen LogP contribution in [-0.2, 0) is 4.79 Å². The molecule has 0 fully saturated rings. The minimum Gasteiger partial charge on any atom is -0.352 e. The topological polar surface area (TPSA) is 29.1 Å². The van der Waals surface area contributed by atoms with Crippen LogP contribution >= 0.6 is 0 Å². The van der Waals surface area contributed by atoms with Gasteiger partial charge in [-0.2, -0.15) is 0 Å². The molecule has 0 spiro atoms. The smallest absolute Gasteiger partial charge is 0.223 e. The summed E-state index contributed by atoms with van der Waals surface area (Å²) in [5, 5.41) is 2.57. The molecule has 0 saturated carbocycles. The van der Waals surface area contributed by atoms with Gasteiger partial charge < -0.3 is 5.32 Å². The van der Waals surface area contributed by atoms with Crippen molar-refractivity contribution in [3.63, 3.8) is 0 Å². The maximum Gasteiger partial charge on any atom is 0.223 e. The molecule has 0 aromatic heterocycles. The summed E-state index contributed by atoms with van der Waals surface area (Å²) in [4.78, 5) is 10.4. The van der Waals surface area contributed by atoms with Gasteiger partial charge in [-0.05, 0) is 0 Å². The van der Waals surface area contributed by atoms with Crippen molar-refractivity contribution in [3.8, 4) is 0 Å². The highest BCUT2D eigenvalue weighted by Crippen LogP contribution is 1.70. The lowest BCUT2D eigenvalue weighted by molar-refractivity contribution is -0.117. The quantitative estimate of drug-likeness (QED) is 0.529. The molecule has 0 heterocycles. The summed E-state index contributed by atoms with van der Waals surface area (Å²) in [7, 11) is 0. The predicted octanol–water partition coefficient (Wildman–Crippen LogP) is 0.513. The van der Waals surface area contributed by atoms with Gasteiger partial charge in [-0.25, -0.2) is 0 Å². The van der Waals surface area contributed by atoms with Crippen molar-refractivity contribution in [2.75, 3.05) is 6.54 Å². The molecule has 0 aliphatic carbocycles. The van der Waals surface area contributed by atoms with E-state index in [0.29, 0.717) is 6.54 Å². The van der Waals surface area contributed by atoms with Crippen LogP contribution < -0.4 is 5.32 Å². The maximum atomic E-state index is 10.4. The summed E-state index contributed by atoms with van der Waals surface area (Å²) >= 11 is 0. The Kier molecular flexibility index (Phi) is 3.94. The number of hydrogen-bond acceptors (Lipinski definition) is 1. The number of carbonyl (C=O) groups excluding carboxylic acids is 1. The number of carbonyl (C=O) groups is 1. The van der Waals surface area contributed by atoms with Gasteiger partial charge >= 0.3 is 0 Å². The molecule has 0 bridgehead atoms. The number of amides is 1. The van der Waals surface area contributed by atoms with E-state index in [1.807, 2.05) is 0 Å². The van der Waals surface area contributed by atoms with E-state index in [4.69, 9.17) is 0 Å². The van der Waals surface area contributed by atoms with Gasteiger partial charge in [-0.3, -0.25) is 4.79 Å². The molecule has 8 heavy (non-hydrogen) atoms. The van der Waals surface area contributed by atoms with Gasteiger partial charge in [-0.1, -0.05) is 13.0 Å². The van der Waals surface area contributed by atoms with E-state index in [0.717, 1.165) is 0 Å². The van der Waals surface area contributed by atoms with Crippen molar-refractivity contribution in [2.45, 2.75) is 6.92 Å². The lowest BCUT2D eigenvalue weighted by Gasteiger charge is -1.94. The fourth-order valence-electron chi connectivity index (χ4n) is 0.275. The first-order chi connectivity index (χ1) is 3.81. The minimum atomic E-state index is -0.0510. The second-order valence-electron chi connectivity index (χ2n) is 1.32. The second kappa shape index (κ2) is 4.37. The molecule has 0 aliphatic heterocycles. The van der Waals surface area contributed by atoms with E-state index in [1.165, 1.54) is 6.42 Å². The van der Waals surface area contributed by atoms with Gasteiger partial charge in [-0.15, -0.1) is 6.58 Å². The second-order valence-corrected chi connectivity index (χ2v) is 1.32. The van der Waals surface area contributed by atoms with Crippen LogP contribution in [0.1, 0.15) is 6.92 Å². The van der Waals surface area contributed by atoms with Crippen LogP contribution in [0.25, 0.3) is 0 Å². The third-order valence-electron chi connectivity index (χ3n) is 0.683. The van der Waals surface area contributed by atoms with E-state index in [1.54, 1.807) is 13.0 Å². The van der Waals surface area contributed by atoms with Crippen LogP contribution in [0.2, 0.25) is 0 Å². The van der Waals surface area contributed by atoms with E-state index in [-0.39, 0.29) is 5.91 Å². The molecular weight excluding hydrogens is 102 g/mol. The van der Waals surface area contributed by atoms with Gasteiger partial charge in [0.15, 0.2) is 0 Å². The third-order valence-corrected chi connectivity index (χ3v) is 0.683. The summed E-state index contributed by atoms with van der Waals surface area (Å²) in [5.41, 5.74) is 0. The van der Waals surface area contributed by atoms with Crippen molar-refractivity contribution < 1.29 is 4.79 Å². The van der Waals surface area contributed by atoms with Crippen LogP contribution in [-0.4, -0.2) is 12.5 Å². The predicted molar refractivity (Wildman–Crippen MR) is 33.2 cm³/mol.